The summed E-state index contributed by atoms with van der Waals surface area (Å²) in [4.78, 5) is 16.0. The van der Waals surface area contributed by atoms with E-state index in [2.05, 4.69) is 24.1 Å². The van der Waals surface area contributed by atoms with Crippen LogP contribution in [0.2, 0.25) is 0 Å². The molecular weight excluding hydrogens is 258 g/mol. The minimum Gasteiger partial charge on any atom is -0.481 e. The van der Waals surface area contributed by atoms with Gasteiger partial charge in [0.2, 0.25) is 0 Å². The number of thiazole rings is 1. The summed E-state index contributed by atoms with van der Waals surface area (Å²) in [5.74, 6) is -1.04. The SMILES string of the molecule is Cc1ccc2nc([C@@H]3CC=CC[C@@H]3C(=O)O)sc2c1. The Balaban J connectivity index is 2.02. The van der Waals surface area contributed by atoms with E-state index in [9.17, 15) is 9.90 Å². The van der Waals surface area contributed by atoms with Gasteiger partial charge in [0, 0.05) is 5.92 Å². The first-order valence-electron chi connectivity index (χ1n) is 6.40. The molecule has 0 spiro atoms. The first kappa shape index (κ1) is 12.4. The number of aromatic nitrogens is 1. The van der Waals surface area contributed by atoms with Gasteiger partial charge in [0.05, 0.1) is 21.1 Å². The molecule has 2 aromatic rings. The minimum atomic E-state index is -0.718. The van der Waals surface area contributed by atoms with Crippen molar-refractivity contribution in [3.63, 3.8) is 0 Å². The maximum atomic E-state index is 11.4. The van der Waals surface area contributed by atoms with Crippen molar-refractivity contribution < 1.29 is 9.90 Å². The lowest BCUT2D eigenvalue weighted by Crippen LogP contribution is -2.23. The molecule has 1 aromatic heterocycles. The standard InChI is InChI=1S/C15H15NO2S/c1-9-6-7-12-13(8-9)19-14(16-12)10-4-2-3-5-11(10)15(17)18/h2-3,6-8,10-11H,4-5H2,1H3,(H,17,18)/t10-,11+/m1/s1. The van der Waals surface area contributed by atoms with Crippen LogP contribution in [-0.2, 0) is 4.79 Å². The lowest BCUT2D eigenvalue weighted by Gasteiger charge is -2.22. The Bertz CT molecular complexity index is 659. The fourth-order valence-electron chi connectivity index (χ4n) is 2.57. The Kier molecular flexibility index (Phi) is 3.11. The average Bonchev–Trinajstić information content (AvgIpc) is 2.81. The summed E-state index contributed by atoms with van der Waals surface area (Å²) in [6, 6.07) is 6.17. The van der Waals surface area contributed by atoms with E-state index in [1.54, 1.807) is 11.3 Å². The Morgan fingerprint density at radius 1 is 1.37 bits per heavy atom. The fraction of sp³-hybridized carbons (Fsp3) is 0.333. The third-order valence-electron chi connectivity index (χ3n) is 3.63. The molecule has 0 saturated heterocycles. The molecule has 98 valence electrons. The van der Waals surface area contributed by atoms with Crippen molar-refractivity contribution in [1.82, 2.24) is 4.98 Å². The Morgan fingerprint density at radius 3 is 2.95 bits per heavy atom. The molecule has 0 radical (unpaired) electrons. The minimum absolute atomic E-state index is 0.0141. The highest BCUT2D eigenvalue weighted by molar-refractivity contribution is 7.18. The van der Waals surface area contributed by atoms with Gasteiger partial charge in [0.1, 0.15) is 0 Å². The van der Waals surface area contributed by atoms with Gasteiger partial charge in [-0.3, -0.25) is 4.79 Å². The topological polar surface area (TPSA) is 50.2 Å². The quantitative estimate of drug-likeness (QED) is 0.848. The van der Waals surface area contributed by atoms with Crippen LogP contribution in [0.5, 0.6) is 0 Å². The number of fused-ring (bicyclic) bond motifs is 1. The Labute approximate surface area is 115 Å². The van der Waals surface area contributed by atoms with Gasteiger partial charge in [-0.2, -0.15) is 0 Å². The summed E-state index contributed by atoms with van der Waals surface area (Å²) < 4.78 is 1.15. The second-order valence-corrected chi connectivity index (χ2v) is 6.08. The van der Waals surface area contributed by atoms with Crippen molar-refractivity contribution in [2.75, 3.05) is 0 Å². The van der Waals surface area contributed by atoms with Crippen LogP contribution < -0.4 is 0 Å². The van der Waals surface area contributed by atoms with Crippen LogP contribution in [0.3, 0.4) is 0 Å². The zero-order chi connectivity index (χ0) is 13.4. The van der Waals surface area contributed by atoms with Gasteiger partial charge in [-0.15, -0.1) is 11.3 Å². The van der Waals surface area contributed by atoms with Crippen molar-refractivity contribution in [3.8, 4) is 0 Å². The van der Waals surface area contributed by atoms with Crippen LogP contribution >= 0.6 is 11.3 Å². The highest BCUT2D eigenvalue weighted by Gasteiger charge is 2.32. The normalized spacial score (nSPS) is 22.8. The van der Waals surface area contributed by atoms with Crippen LogP contribution in [0.15, 0.2) is 30.4 Å². The fourth-order valence-corrected chi connectivity index (χ4v) is 3.81. The highest BCUT2D eigenvalue weighted by atomic mass is 32.1. The third-order valence-corrected chi connectivity index (χ3v) is 4.78. The Hall–Kier alpha value is -1.68. The number of aryl methyl sites for hydroxylation is 1. The molecule has 4 heteroatoms. The second-order valence-electron chi connectivity index (χ2n) is 5.02. The van der Waals surface area contributed by atoms with Crippen molar-refractivity contribution in [2.24, 2.45) is 5.92 Å². The zero-order valence-electron chi connectivity index (χ0n) is 10.7. The number of allylic oxidation sites excluding steroid dienone is 2. The molecule has 1 heterocycles. The van der Waals surface area contributed by atoms with E-state index in [1.807, 2.05) is 18.2 Å². The van der Waals surface area contributed by atoms with Crippen LogP contribution in [0.1, 0.15) is 29.3 Å². The summed E-state index contributed by atoms with van der Waals surface area (Å²) in [5.41, 5.74) is 2.19. The molecule has 1 aliphatic carbocycles. The smallest absolute Gasteiger partial charge is 0.307 e. The summed E-state index contributed by atoms with van der Waals surface area (Å²) in [5, 5.41) is 10.3. The van der Waals surface area contributed by atoms with Gasteiger partial charge in [-0.05, 0) is 37.5 Å². The van der Waals surface area contributed by atoms with E-state index >= 15 is 0 Å². The molecule has 0 bridgehead atoms. The molecule has 19 heavy (non-hydrogen) atoms. The number of hydrogen-bond donors (Lipinski definition) is 1. The van der Waals surface area contributed by atoms with Gasteiger partial charge in [0.15, 0.2) is 0 Å². The number of carbonyl (C=O) groups is 1. The summed E-state index contributed by atoms with van der Waals surface area (Å²) in [6.45, 7) is 2.06. The number of hydrogen-bond acceptors (Lipinski definition) is 3. The maximum absolute atomic E-state index is 11.4. The molecule has 3 rings (SSSR count). The lowest BCUT2D eigenvalue weighted by molar-refractivity contribution is -0.142. The molecule has 2 atom stereocenters. The molecule has 0 amide bonds. The summed E-state index contributed by atoms with van der Waals surface area (Å²) >= 11 is 1.63. The number of benzene rings is 1. The van der Waals surface area contributed by atoms with Crippen LogP contribution in [0, 0.1) is 12.8 Å². The molecule has 1 aromatic carbocycles. The first-order valence-corrected chi connectivity index (χ1v) is 7.21. The van der Waals surface area contributed by atoms with Gasteiger partial charge >= 0.3 is 5.97 Å². The van der Waals surface area contributed by atoms with Crippen molar-refractivity contribution in [3.05, 3.63) is 40.9 Å². The summed E-state index contributed by atoms with van der Waals surface area (Å²) in [6.07, 6.45) is 5.42. The molecule has 1 N–H and O–H groups in total. The average molecular weight is 273 g/mol. The van der Waals surface area contributed by atoms with Gasteiger partial charge in [-0.25, -0.2) is 4.98 Å². The number of carboxylic acid groups (broad SMARTS) is 1. The van der Waals surface area contributed by atoms with Crippen molar-refractivity contribution in [1.29, 1.82) is 0 Å². The number of nitrogens with zero attached hydrogens (tertiary/aromatic N) is 1. The predicted octanol–water partition coefficient (Wildman–Crippen LogP) is 3.74. The number of rotatable bonds is 2. The van der Waals surface area contributed by atoms with E-state index in [0.717, 1.165) is 21.6 Å². The lowest BCUT2D eigenvalue weighted by atomic mass is 9.83. The molecular formula is C15H15NO2S. The largest absolute Gasteiger partial charge is 0.481 e. The Morgan fingerprint density at radius 2 is 2.16 bits per heavy atom. The molecule has 3 nitrogen and oxygen atoms in total. The zero-order valence-corrected chi connectivity index (χ0v) is 11.5. The molecule has 1 aliphatic rings. The van der Waals surface area contributed by atoms with Crippen molar-refractivity contribution >= 4 is 27.5 Å². The van der Waals surface area contributed by atoms with Crippen LogP contribution in [0.4, 0.5) is 0 Å². The predicted molar refractivity (Wildman–Crippen MR) is 76.6 cm³/mol. The van der Waals surface area contributed by atoms with Crippen LogP contribution in [-0.4, -0.2) is 16.1 Å². The molecule has 0 unspecified atom stereocenters. The van der Waals surface area contributed by atoms with E-state index in [0.29, 0.717) is 6.42 Å². The first-order chi connectivity index (χ1) is 9.15. The molecule has 0 saturated carbocycles. The second kappa shape index (κ2) is 4.78. The monoisotopic (exact) mass is 273 g/mol. The molecule has 0 aliphatic heterocycles. The number of carboxylic acids is 1. The maximum Gasteiger partial charge on any atom is 0.307 e. The van der Waals surface area contributed by atoms with E-state index in [1.165, 1.54) is 5.56 Å². The van der Waals surface area contributed by atoms with Gasteiger partial charge in [-0.1, -0.05) is 18.2 Å². The van der Waals surface area contributed by atoms with Crippen molar-refractivity contribution in [2.45, 2.75) is 25.7 Å². The van der Waals surface area contributed by atoms with Crippen LogP contribution in [0.25, 0.3) is 10.2 Å². The molecule has 0 fully saturated rings. The highest BCUT2D eigenvalue weighted by Crippen LogP contribution is 2.38. The third kappa shape index (κ3) is 2.28. The van der Waals surface area contributed by atoms with E-state index in [4.69, 9.17) is 0 Å². The summed E-state index contributed by atoms with van der Waals surface area (Å²) in [7, 11) is 0. The van der Waals surface area contributed by atoms with E-state index < -0.39 is 5.97 Å². The van der Waals surface area contributed by atoms with E-state index in [-0.39, 0.29) is 11.8 Å². The van der Waals surface area contributed by atoms with Gasteiger partial charge in [0.25, 0.3) is 0 Å². The number of aliphatic carboxylic acids is 1. The van der Waals surface area contributed by atoms with Gasteiger partial charge < -0.3 is 5.11 Å².